The molecule has 1 aromatic carbocycles. The zero-order chi connectivity index (χ0) is 14.5. The van der Waals surface area contributed by atoms with E-state index in [2.05, 4.69) is 9.72 Å². The SMILES string of the molecule is COC(=O)c1ccnc(Sc2ccccc2OC)c1N. The first-order valence-electron chi connectivity index (χ1n) is 5.81. The van der Waals surface area contributed by atoms with Crippen LogP contribution in [0, 0.1) is 0 Å². The summed E-state index contributed by atoms with van der Waals surface area (Å²) >= 11 is 1.34. The van der Waals surface area contributed by atoms with Gasteiger partial charge in [0.15, 0.2) is 0 Å². The number of carbonyl (C=O) groups is 1. The van der Waals surface area contributed by atoms with Gasteiger partial charge >= 0.3 is 5.97 Å². The lowest BCUT2D eigenvalue weighted by Crippen LogP contribution is -2.07. The Balaban J connectivity index is 2.37. The maximum atomic E-state index is 11.6. The normalized spacial score (nSPS) is 10.1. The van der Waals surface area contributed by atoms with Crippen LogP contribution < -0.4 is 10.5 Å². The molecule has 0 aliphatic rings. The summed E-state index contributed by atoms with van der Waals surface area (Å²) in [5, 5.41) is 0.539. The van der Waals surface area contributed by atoms with Crippen LogP contribution in [0.4, 0.5) is 5.69 Å². The molecule has 0 unspecified atom stereocenters. The Bertz CT molecular complexity index is 632. The van der Waals surface area contributed by atoms with E-state index in [1.165, 1.54) is 31.1 Å². The fourth-order valence-corrected chi connectivity index (χ4v) is 2.57. The second-order valence-corrected chi connectivity index (χ2v) is 4.85. The number of aromatic nitrogens is 1. The third kappa shape index (κ3) is 2.85. The van der Waals surface area contributed by atoms with Gasteiger partial charge in [-0.05, 0) is 18.2 Å². The molecule has 0 saturated heterocycles. The summed E-state index contributed by atoms with van der Waals surface area (Å²) < 4.78 is 9.96. The summed E-state index contributed by atoms with van der Waals surface area (Å²) in [6, 6.07) is 9.06. The van der Waals surface area contributed by atoms with E-state index < -0.39 is 5.97 Å². The number of para-hydroxylation sites is 1. The molecule has 1 aromatic heterocycles. The van der Waals surface area contributed by atoms with Gasteiger partial charge in [-0.25, -0.2) is 9.78 Å². The predicted molar refractivity (Wildman–Crippen MR) is 77.1 cm³/mol. The minimum Gasteiger partial charge on any atom is -0.496 e. The highest BCUT2D eigenvalue weighted by atomic mass is 32.2. The third-order valence-corrected chi connectivity index (χ3v) is 3.71. The number of nitrogens with two attached hydrogens (primary N) is 1. The summed E-state index contributed by atoms with van der Waals surface area (Å²) in [4.78, 5) is 16.7. The summed E-state index contributed by atoms with van der Waals surface area (Å²) in [6.45, 7) is 0. The first-order chi connectivity index (χ1) is 9.67. The number of nitrogens with zero attached hydrogens (tertiary/aromatic N) is 1. The Morgan fingerprint density at radius 3 is 2.70 bits per heavy atom. The van der Waals surface area contributed by atoms with Crippen LogP contribution >= 0.6 is 11.8 Å². The zero-order valence-electron chi connectivity index (χ0n) is 11.1. The largest absolute Gasteiger partial charge is 0.496 e. The zero-order valence-corrected chi connectivity index (χ0v) is 11.9. The van der Waals surface area contributed by atoms with Crippen molar-refractivity contribution in [2.45, 2.75) is 9.92 Å². The number of benzene rings is 1. The number of pyridine rings is 1. The molecule has 0 amide bonds. The average Bonchev–Trinajstić information content (AvgIpc) is 2.49. The molecule has 0 spiro atoms. The monoisotopic (exact) mass is 290 g/mol. The Kier molecular flexibility index (Phi) is 4.47. The van der Waals surface area contributed by atoms with E-state index in [9.17, 15) is 4.79 Å². The number of methoxy groups -OCH3 is 2. The molecule has 0 saturated carbocycles. The first-order valence-corrected chi connectivity index (χ1v) is 6.62. The van der Waals surface area contributed by atoms with Crippen molar-refractivity contribution < 1.29 is 14.3 Å². The molecule has 0 aliphatic heterocycles. The summed E-state index contributed by atoms with van der Waals surface area (Å²) in [5.74, 6) is 0.244. The quantitative estimate of drug-likeness (QED) is 0.872. The van der Waals surface area contributed by atoms with E-state index >= 15 is 0 Å². The molecule has 1 heterocycles. The minimum atomic E-state index is -0.480. The van der Waals surface area contributed by atoms with Gasteiger partial charge < -0.3 is 15.2 Å². The van der Waals surface area contributed by atoms with E-state index in [4.69, 9.17) is 10.5 Å². The van der Waals surface area contributed by atoms with Crippen LogP contribution in [0.2, 0.25) is 0 Å². The van der Waals surface area contributed by atoms with Gasteiger partial charge in [0.05, 0.1) is 30.4 Å². The number of hydrogen-bond acceptors (Lipinski definition) is 6. The third-order valence-electron chi connectivity index (χ3n) is 2.63. The molecule has 2 N–H and O–H groups in total. The van der Waals surface area contributed by atoms with Crippen LogP contribution in [0.25, 0.3) is 0 Å². The van der Waals surface area contributed by atoms with E-state index in [1.807, 2.05) is 24.3 Å². The molecule has 0 aliphatic carbocycles. The highest BCUT2D eigenvalue weighted by Gasteiger charge is 2.15. The number of esters is 1. The fraction of sp³-hybridized carbons (Fsp3) is 0.143. The topological polar surface area (TPSA) is 74.4 Å². The molecule has 6 heteroatoms. The first kappa shape index (κ1) is 14.2. The predicted octanol–water partition coefficient (Wildman–Crippen LogP) is 2.61. The fourth-order valence-electron chi connectivity index (χ4n) is 1.63. The van der Waals surface area contributed by atoms with Crippen molar-refractivity contribution in [2.24, 2.45) is 0 Å². The lowest BCUT2D eigenvalue weighted by molar-refractivity contribution is 0.0601. The van der Waals surface area contributed by atoms with Crippen molar-refractivity contribution in [1.82, 2.24) is 4.98 Å². The van der Waals surface area contributed by atoms with Gasteiger partial charge in [0, 0.05) is 6.20 Å². The van der Waals surface area contributed by atoms with Gasteiger partial charge in [-0.1, -0.05) is 23.9 Å². The summed E-state index contributed by atoms with van der Waals surface area (Å²) in [7, 11) is 2.91. The average molecular weight is 290 g/mol. The minimum absolute atomic E-state index is 0.301. The highest BCUT2D eigenvalue weighted by molar-refractivity contribution is 7.99. The number of carbonyl (C=O) groups excluding carboxylic acids is 1. The second-order valence-electron chi connectivity index (χ2n) is 3.82. The standard InChI is InChI=1S/C14H14N2O3S/c1-18-10-5-3-4-6-11(10)20-13-12(15)9(7-8-16-13)14(17)19-2/h3-8H,15H2,1-2H3. The Hall–Kier alpha value is -2.21. The molecule has 0 bridgehead atoms. The second kappa shape index (κ2) is 6.29. The van der Waals surface area contributed by atoms with Crippen molar-refractivity contribution in [2.75, 3.05) is 20.0 Å². The van der Waals surface area contributed by atoms with Gasteiger partial charge in [0.1, 0.15) is 10.8 Å². The van der Waals surface area contributed by atoms with E-state index in [-0.39, 0.29) is 0 Å². The van der Waals surface area contributed by atoms with Crippen molar-refractivity contribution >= 4 is 23.4 Å². The Morgan fingerprint density at radius 1 is 1.25 bits per heavy atom. The van der Waals surface area contributed by atoms with Gasteiger partial charge in [-0.15, -0.1) is 0 Å². The van der Waals surface area contributed by atoms with Crippen molar-refractivity contribution in [3.63, 3.8) is 0 Å². The van der Waals surface area contributed by atoms with E-state index in [0.29, 0.717) is 16.3 Å². The van der Waals surface area contributed by atoms with E-state index in [1.54, 1.807) is 7.11 Å². The summed E-state index contributed by atoms with van der Waals surface area (Å²) in [6.07, 6.45) is 1.53. The molecular formula is C14H14N2O3S. The number of nitrogen functional groups attached to an aromatic ring is 1. The lowest BCUT2D eigenvalue weighted by atomic mass is 10.2. The van der Waals surface area contributed by atoms with Crippen LogP contribution in [-0.4, -0.2) is 25.2 Å². The number of anilines is 1. The van der Waals surface area contributed by atoms with Gasteiger partial charge in [-0.3, -0.25) is 0 Å². The molecule has 2 aromatic rings. The number of ether oxygens (including phenoxy) is 2. The molecule has 0 radical (unpaired) electrons. The lowest BCUT2D eigenvalue weighted by Gasteiger charge is -2.10. The van der Waals surface area contributed by atoms with Crippen LogP contribution in [0.15, 0.2) is 46.5 Å². The van der Waals surface area contributed by atoms with Crippen LogP contribution in [0.1, 0.15) is 10.4 Å². The number of hydrogen-bond donors (Lipinski definition) is 1. The van der Waals surface area contributed by atoms with Crippen molar-refractivity contribution in [1.29, 1.82) is 0 Å². The van der Waals surface area contributed by atoms with Crippen LogP contribution in [-0.2, 0) is 4.74 Å². The van der Waals surface area contributed by atoms with Gasteiger partial charge in [-0.2, -0.15) is 0 Å². The molecule has 0 atom stereocenters. The maximum Gasteiger partial charge on any atom is 0.340 e. The Labute approximate surface area is 121 Å². The highest BCUT2D eigenvalue weighted by Crippen LogP contribution is 2.37. The Morgan fingerprint density at radius 2 is 2.00 bits per heavy atom. The van der Waals surface area contributed by atoms with E-state index in [0.717, 1.165) is 10.6 Å². The molecule has 5 nitrogen and oxygen atoms in total. The summed E-state index contributed by atoms with van der Waals surface area (Å²) in [5.41, 5.74) is 6.58. The van der Waals surface area contributed by atoms with Crippen LogP contribution in [0.5, 0.6) is 5.75 Å². The molecular weight excluding hydrogens is 276 g/mol. The molecule has 104 valence electrons. The van der Waals surface area contributed by atoms with Crippen molar-refractivity contribution in [3.8, 4) is 5.75 Å². The van der Waals surface area contributed by atoms with Crippen LogP contribution in [0.3, 0.4) is 0 Å². The maximum absolute atomic E-state index is 11.6. The van der Waals surface area contributed by atoms with Gasteiger partial charge in [0.25, 0.3) is 0 Å². The molecule has 2 rings (SSSR count). The molecule has 0 fully saturated rings. The molecule has 20 heavy (non-hydrogen) atoms. The van der Waals surface area contributed by atoms with Crippen molar-refractivity contribution in [3.05, 3.63) is 42.1 Å². The number of rotatable bonds is 4. The smallest absolute Gasteiger partial charge is 0.340 e. The van der Waals surface area contributed by atoms with Gasteiger partial charge in [0.2, 0.25) is 0 Å².